The number of nitrogens with two attached hydrogens (primary N) is 1. The molecule has 0 aromatic rings. The molecule has 0 fully saturated rings. The minimum atomic E-state index is -0.605. The predicted octanol–water partition coefficient (Wildman–Crippen LogP) is 2.67. The number of rotatable bonds is 7. The third kappa shape index (κ3) is 9.42. The van der Waals surface area contributed by atoms with E-state index in [4.69, 9.17) is 10.5 Å². The van der Waals surface area contributed by atoms with Gasteiger partial charge in [-0.3, -0.25) is 4.79 Å². The molecule has 4 heteroatoms. The minimum Gasteiger partial charge on any atom is -0.390 e. The van der Waals surface area contributed by atoms with Crippen LogP contribution in [0.4, 0.5) is 0 Å². The molecule has 0 rings (SSSR count). The van der Waals surface area contributed by atoms with Gasteiger partial charge in [-0.15, -0.1) is 0 Å². The van der Waals surface area contributed by atoms with Crippen LogP contribution in [0.1, 0.15) is 47.5 Å². The van der Waals surface area contributed by atoms with Gasteiger partial charge in [0.15, 0.2) is 0 Å². The van der Waals surface area contributed by atoms with Crippen molar-refractivity contribution >= 4 is 11.9 Å². The lowest BCUT2D eigenvalue weighted by atomic mass is 9.89. The lowest BCUT2D eigenvalue weighted by Gasteiger charge is -2.21. The first kappa shape index (κ1) is 17.8. The molecule has 0 aliphatic carbocycles. The smallest absolute Gasteiger partial charge is 0.338 e. The molecule has 0 radical (unpaired) electrons. The average molecular weight is 269 g/mol. The zero-order chi connectivity index (χ0) is 15.0. The number of allylic oxidation sites excluding steroid dienone is 1. The van der Waals surface area contributed by atoms with Gasteiger partial charge < -0.3 is 10.5 Å². The monoisotopic (exact) mass is 269 g/mol. The Bertz CT molecular complexity index is 319. The summed E-state index contributed by atoms with van der Waals surface area (Å²) in [6, 6.07) is -0.0868. The summed E-state index contributed by atoms with van der Waals surface area (Å²) >= 11 is 0. The van der Waals surface area contributed by atoms with E-state index in [1.165, 1.54) is 6.08 Å². The molecule has 19 heavy (non-hydrogen) atoms. The summed E-state index contributed by atoms with van der Waals surface area (Å²) in [5.74, 6) is -0.344. The molecule has 2 N–H and O–H groups in total. The van der Waals surface area contributed by atoms with Crippen molar-refractivity contribution in [3.8, 4) is 0 Å². The number of ether oxygens (including phenoxy) is 1. The van der Waals surface area contributed by atoms with E-state index in [-0.39, 0.29) is 24.3 Å². The van der Waals surface area contributed by atoms with Crippen LogP contribution in [-0.4, -0.2) is 18.0 Å². The lowest BCUT2D eigenvalue weighted by Crippen LogP contribution is -2.30. The molecule has 2 atom stereocenters. The van der Waals surface area contributed by atoms with Crippen LogP contribution in [-0.2, 0) is 14.3 Å². The average Bonchev–Trinajstić information content (AvgIpc) is 2.24. The van der Waals surface area contributed by atoms with Gasteiger partial charge in [-0.05, 0) is 31.1 Å². The number of carbonyl (C=O) groups is 2. The van der Waals surface area contributed by atoms with Gasteiger partial charge in [0, 0.05) is 12.1 Å². The molecule has 0 aliphatic heterocycles. The van der Waals surface area contributed by atoms with Crippen LogP contribution in [0.3, 0.4) is 0 Å². The van der Waals surface area contributed by atoms with Crippen LogP contribution < -0.4 is 5.73 Å². The molecule has 0 aromatic carbocycles. The van der Waals surface area contributed by atoms with E-state index in [1.807, 2.05) is 20.8 Å². The van der Waals surface area contributed by atoms with Crippen molar-refractivity contribution in [3.05, 3.63) is 12.2 Å². The van der Waals surface area contributed by atoms with Crippen molar-refractivity contribution in [2.75, 3.05) is 0 Å². The molecule has 2 unspecified atom stereocenters. The summed E-state index contributed by atoms with van der Waals surface area (Å²) < 4.78 is 4.74. The highest BCUT2D eigenvalue weighted by Gasteiger charge is 2.21. The third-order valence-electron chi connectivity index (χ3n) is 2.78. The van der Waals surface area contributed by atoms with Gasteiger partial charge in [0.1, 0.15) is 0 Å². The molecule has 0 saturated heterocycles. The van der Waals surface area contributed by atoms with Crippen molar-refractivity contribution in [1.29, 1.82) is 0 Å². The van der Waals surface area contributed by atoms with E-state index < -0.39 is 11.9 Å². The summed E-state index contributed by atoms with van der Waals surface area (Å²) in [4.78, 5) is 23.0. The van der Waals surface area contributed by atoms with E-state index in [1.54, 1.807) is 6.08 Å². The maximum Gasteiger partial charge on any atom is 0.338 e. The number of hydrogen-bond acceptors (Lipinski definition) is 4. The Morgan fingerprint density at radius 1 is 1.16 bits per heavy atom. The predicted molar refractivity (Wildman–Crippen MR) is 76.3 cm³/mol. The highest BCUT2D eigenvalue weighted by molar-refractivity contribution is 5.92. The van der Waals surface area contributed by atoms with Crippen LogP contribution in [0.5, 0.6) is 0 Å². The molecule has 0 spiro atoms. The number of esters is 2. The first-order chi connectivity index (χ1) is 8.72. The molecule has 0 aromatic heterocycles. The summed E-state index contributed by atoms with van der Waals surface area (Å²) in [5, 5.41) is 0. The minimum absolute atomic E-state index is 0.0504. The second kappa shape index (κ2) is 8.86. The van der Waals surface area contributed by atoms with Gasteiger partial charge in [0.05, 0.1) is 6.42 Å². The Hall–Kier alpha value is -1.16. The highest BCUT2D eigenvalue weighted by Crippen LogP contribution is 2.18. The first-order valence-corrected chi connectivity index (χ1v) is 6.90. The fraction of sp³-hybridized carbons (Fsp3) is 0.733. The first-order valence-electron chi connectivity index (χ1n) is 6.90. The Balaban J connectivity index is 4.30. The van der Waals surface area contributed by atoms with Crippen LogP contribution in [0.15, 0.2) is 12.2 Å². The molecular weight excluding hydrogens is 242 g/mol. The topological polar surface area (TPSA) is 69.4 Å². The standard InChI is InChI=1S/C15H27NO3/c1-10(2)6-7-14(17)19-15(18)9-13(12(5)16)8-11(3)4/h6-7,10-13H,8-9,16H2,1-5H3. The molecule has 0 amide bonds. The molecular formula is C15H27NO3. The summed E-state index contributed by atoms with van der Waals surface area (Å²) in [7, 11) is 0. The molecule has 0 bridgehead atoms. The van der Waals surface area contributed by atoms with Gasteiger partial charge in [0.25, 0.3) is 0 Å². The van der Waals surface area contributed by atoms with E-state index >= 15 is 0 Å². The molecule has 0 saturated carbocycles. The Morgan fingerprint density at radius 3 is 2.16 bits per heavy atom. The van der Waals surface area contributed by atoms with E-state index in [0.717, 1.165) is 6.42 Å². The normalized spacial score (nSPS) is 14.9. The number of carbonyl (C=O) groups excluding carboxylic acids is 2. The number of hydrogen-bond donors (Lipinski definition) is 1. The van der Waals surface area contributed by atoms with Gasteiger partial charge >= 0.3 is 11.9 Å². The zero-order valence-corrected chi connectivity index (χ0v) is 12.7. The van der Waals surface area contributed by atoms with Crippen molar-refractivity contribution in [2.45, 2.75) is 53.5 Å². The maximum atomic E-state index is 11.7. The largest absolute Gasteiger partial charge is 0.390 e. The van der Waals surface area contributed by atoms with Crippen molar-refractivity contribution in [1.82, 2.24) is 0 Å². The summed E-state index contributed by atoms with van der Waals surface area (Å²) in [6.07, 6.45) is 4.04. The van der Waals surface area contributed by atoms with Gasteiger partial charge in [-0.1, -0.05) is 33.8 Å². The van der Waals surface area contributed by atoms with E-state index in [9.17, 15) is 9.59 Å². The summed E-state index contributed by atoms with van der Waals surface area (Å²) in [5.41, 5.74) is 5.86. The van der Waals surface area contributed by atoms with Crippen molar-refractivity contribution in [2.24, 2.45) is 23.5 Å². The van der Waals surface area contributed by atoms with Crippen LogP contribution in [0, 0.1) is 17.8 Å². The fourth-order valence-electron chi connectivity index (χ4n) is 1.76. The van der Waals surface area contributed by atoms with Crippen LogP contribution in [0.2, 0.25) is 0 Å². The maximum absolute atomic E-state index is 11.7. The Kier molecular flexibility index (Phi) is 8.32. The van der Waals surface area contributed by atoms with Gasteiger partial charge in [-0.25, -0.2) is 4.79 Å². The van der Waals surface area contributed by atoms with E-state index in [0.29, 0.717) is 5.92 Å². The SMILES string of the molecule is CC(C)C=CC(=O)OC(=O)CC(CC(C)C)C(C)N. The quantitative estimate of drug-likeness (QED) is 0.438. The summed E-state index contributed by atoms with van der Waals surface area (Å²) in [6.45, 7) is 9.93. The Labute approximate surface area is 116 Å². The third-order valence-corrected chi connectivity index (χ3v) is 2.78. The zero-order valence-electron chi connectivity index (χ0n) is 12.7. The van der Waals surface area contributed by atoms with Gasteiger partial charge in [-0.2, -0.15) is 0 Å². The van der Waals surface area contributed by atoms with Crippen molar-refractivity contribution < 1.29 is 14.3 Å². The van der Waals surface area contributed by atoms with Crippen LogP contribution >= 0.6 is 0 Å². The molecule has 0 heterocycles. The Morgan fingerprint density at radius 2 is 1.74 bits per heavy atom. The van der Waals surface area contributed by atoms with E-state index in [2.05, 4.69) is 13.8 Å². The lowest BCUT2D eigenvalue weighted by molar-refractivity contribution is -0.157. The second-order valence-corrected chi connectivity index (χ2v) is 5.85. The van der Waals surface area contributed by atoms with Gasteiger partial charge in [0.2, 0.25) is 0 Å². The molecule has 0 aliphatic rings. The highest BCUT2D eigenvalue weighted by atomic mass is 16.6. The molecule has 4 nitrogen and oxygen atoms in total. The second-order valence-electron chi connectivity index (χ2n) is 5.85. The molecule has 110 valence electrons. The van der Waals surface area contributed by atoms with Crippen LogP contribution in [0.25, 0.3) is 0 Å². The fourth-order valence-corrected chi connectivity index (χ4v) is 1.76. The van der Waals surface area contributed by atoms with Crippen molar-refractivity contribution in [3.63, 3.8) is 0 Å².